The van der Waals surface area contributed by atoms with Gasteiger partial charge in [0.2, 0.25) is 0 Å². The van der Waals surface area contributed by atoms with Crippen LogP contribution >= 0.6 is 0 Å². The van der Waals surface area contributed by atoms with Crippen molar-refractivity contribution in [3.63, 3.8) is 0 Å². The number of carbonyl (C=O) groups is 1. The summed E-state index contributed by atoms with van der Waals surface area (Å²) in [6.07, 6.45) is 2.55. The number of hydrogen-bond donors (Lipinski definition) is 0. The normalized spacial score (nSPS) is 23.6. The number of allylic oxidation sites excluding steroid dienone is 4. The third-order valence-electron chi connectivity index (χ3n) is 2.61. The molecule has 1 aliphatic rings. The van der Waals surface area contributed by atoms with Crippen LogP contribution in [0.3, 0.4) is 0 Å². The Morgan fingerprint density at radius 3 is 2.65 bits per heavy atom. The molecule has 2 rings (SSSR count). The summed E-state index contributed by atoms with van der Waals surface area (Å²) in [6.45, 7) is 1.72. The molecule has 0 N–H and O–H groups in total. The molecule has 1 aromatic carbocycles. The van der Waals surface area contributed by atoms with E-state index in [4.69, 9.17) is 4.74 Å². The van der Waals surface area contributed by atoms with Gasteiger partial charge >= 0.3 is 0 Å². The van der Waals surface area contributed by atoms with E-state index in [1.54, 1.807) is 25.1 Å². The molecule has 0 radical (unpaired) electrons. The minimum atomic E-state index is -1.21. The van der Waals surface area contributed by atoms with Crippen LogP contribution in [0.25, 0.3) is 0 Å². The van der Waals surface area contributed by atoms with E-state index in [0.717, 1.165) is 0 Å². The highest BCUT2D eigenvalue weighted by molar-refractivity contribution is 5.78. The standard InChI is InChI=1S/C14H13FO2/c1-10-7-11(9-16)8-13(14(10)15)17-12-5-3-2-4-6-12/h2-10,14H,1H3. The van der Waals surface area contributed by atoms with Crippen LogP contribution in [-0.2, 0) is 4.79 Å². The molecule has 0 fully saturated rings. The van der Waals surface area contributed by atoms with Crippen LogP contribution < -0.4 is 4.74 Å². The van der Waals surface area contributed by atoms with Crippen molar-refractivity contribution >= 4 is 6.29 Å². The Kier molecular flexibility index (Phi) is 3.38. The number of carbonyl (C=O) groups excluding carboxylic acids is 1. The van der Waals surface area contributed by atoms with Crippen LogP contribution in [0, 0.1) is 5.92 Å². The first-order valence-corrected chi connectivity index (χ1v) is 5.46. The topological polar surface area (TPSA) is 26.3 Å². The van der Waals surface area contributed by atoms with Crippen molar-refractivity contribution in [2.24, 2.45) is 5.92 Å². The van der Waals surface area contributed by atoms with E-state index in [0.29, 0.717) is 17.6 Å². The zero-order valence-corrected chi connectivity index (χ0v) is 9.47. The number of benzene rings is 1. The highest BCUT2D eigenvalue weighted by atomic mass is 19.1. The minimum absolute atomic E-state index is 0.188. The summed E-state index contributed by atoms with van der Waals surface area (Å²) in [5, 5.41) is 0. The van der Waals surface area contributed by atoms with Crippen LogP contribution in [0.2, 0.25) is 0 Å². The Labute approximate surface area is 99.4 Å². The van der Waals surface area contributed by atoms with Crippen molar-refractivity contribution in [1.29, 1.82) is 0 Å². The van der Waals surface area contributed by atoms with E-state index in [-0.39, 0.29) is 11.7 Å². The van der Waals surface area contributed by atoms with Gasteiger partial charge in [-0.3, -0.25) is 4.79 Å². The zero-order valence-electron chi connectivity index (χ0n) is 9.47. The van der Waals surface area contributed by atoms with Crippen molar-refractivity contribution in [1.82, 2.24) is 0 Å². The molecule has 0 amide bonds. The zero-order chi connectivity index (χ0) is 12.3. The van der Waals surface area contributed by atoms with Gasteiger partial charge in [-0.05, 0) is 18.2 Å². The second-order valence-electron chi connectivity index (χ2n) is 4.01. The summed E-state index contributed by atoms with van der Waals surface area (Å²) in [4.78, 5) is 10.7. The van der Waals surface area contributed by atoms with E-state index in [2.05, 4.69) is 0 Å². The van der Waals surface area contributed by atoms with Gasteiger partial charge < -0.3 is 4.74 Å². The summed E-state index contributed by atoms with van der Waals surface area (Å²) in [6, 6.07) is 8.97. The van der Waals surface area contributed by atoms with Crippen LogP contribution in [0.1, 0.15) is 6.92 Å². The maximum absolute atomic E-state index is 13.9. The molecule has 1 aromatic rings. The van der Waals surface area contributed by atoms with Crippen LogP contribution in [0.4, 0.5) is 4.39 Å². The average Bonchev–Trinajstić information content (AvgIpc) is 2.36. The monoisotopic (exact) mass is 232 g/mol. The molecule has 0 aromatic heterocycles. The van der Waals surface area contributed by atoms with Crippen molar-refractivity contribution < 1.29 is 13.9 Å². The van der Waals surface area contributed by atoms with Gasteiger partial charge in [0.15, 0.2) is 6.17 Å². The van der Waals surface area contributed by atoms with Gasteiger partial charge in [0, 0.05) is 11.5 Å². The Hall–Kier alpha value is -1.90. The fourth-order valence-corrected chi connectivity index (χ4v) is 1.72. The number of halogens is 1. The molecule has 1 aliphatic carbocycles. The summed E-state index contributed by atoms with van der Waals surface area (Å²) in [5.41, 5.74) is 0.456. The van der Waals surface area contributed by atoms with E-state index in [9.17, 15) is 9.18 Å². The van der Waals surface area contributed by atoms with Gasteiger partial charge in [-0.1, -0.05) is 31.2 Å². The first-order chi connectivity index (χ1) is 8.20. The van der Waals surface area contributed by atoms with Gasteiger partial charge in [-0.25, -0.2) is 4.39 Å². The van der Waals surface area contributed by atoms with Gasteiger partial charge in [-0.15, -0.1) is 0 Å². The fraction of sp³-hybridized carbons (Fsp3) is 0.214. The smallest absolute Gasteiger partial charge is 0.164 e. The van der Waals surface area contributed by atoms with Crippen LogP contribution in [0.15, 0.2) is 53.8 Å². The molecule has 0 aliphatic heterocycles. The lowest BCUT2D eigenvalue weighted by Crippen LogP contribution is -2.21. The van der Waals surface area contributed by atoms with Crippen molar-refractivity contribution in [2.75, 3.05) is 0 Å². The van der Waals surface area contributed by atoms with E-state index < -0.39 is 6.17 Å². The predicted octanol–water partition coefficient (Wildman–Crippen LogP) is 3.06. The Balaban J connectivity index is 2.22. The molecule has 2 nitrogen and oxygen atoms in total. The SMILES string of the molecule is CC1C=C(C=O)C=C(Oc2ccccc2)C1F. The first kappa shape index (κ1) is 11.6. The van der Waals surface area contributed by atoms with Crippen LogP contribution in [0.5, 0.6) is 5.75 Å². The van der Waals surface area contributed by atoms with Gasteiger partial charge in [0.25, 0.3) is 0 Å². The van der Waals surface area contributed by atoms with Gasteiger partial charge in [0.1, 0.15) is 17.8 Å². The summed E-state index contributed by atoms with van der Waals surface area (Å²) >= 11 is 0. The maximum atomic E-state index is 13.9. The molecule has 3 heteroatoms. The number of aldehydes is 1. The van der Waals surface area contributed by atoms with Crippen molar-refractivity contribution in [2.45, 2.75) is 13.1 Å². The number of alkyl halides is 1. The Morgan fingerprint density at radius 2 is 2.00 bits per heavy atom. The molecule has 0 spiro atoms. The van der Waals surface area contributed by atoms with Crippen molar-refractivity contribution in [3.8, 4) is 5.75 Å². The number of para-hydroxylation sites is 1. The molecule has 0 saturated carbocycles. The second-order valence-corrected chi connectivity index (χ2v) is 4.01. The van der Waals surface area contributed by atoms with E-state index >= 15 is 0 Å². The lowest BCUT2D eigenvalue weighted by atomic mass is 9.95. The van der Waals surface area contributed by atoms with E-state index in [1.807, 2.05) is 18.2 Å². The molecule has 2 unspecified atom stereocenters. The Morgan fingerprint density at radius 1 is 1.29 bits per heavy atom. The number of hydrogen-bond acceptors (Lipinski definition) is 2. The van der Waals surface area contributed by atoms with Crippen LogP contribution in [-0.4, -0.2) is 12.5 Å². The number of ether oxygens (including phenoxy) is 1. The molecule has 0 bridgehead atoms. The molecule has 17 heavy (non-hydrogen) atoms. The molecule has 0 saturated heterocycles. The third kappa shape index (κ3) is 2.61. The second kappa shape index (κ2) is 4.95. The summed E-state index contributed by atoms with van der Waals surface area (Å²) in [5.74, 6) is 0.410. The van der Waals surface area contributed by atoms with Gasteiger partial charge in [0.05, 0.1) is 0 Å². The lowest BCUT2D eigenvalue weighted by Gasteiger charge is -2.21. The fourth-order valence-electron chi connectivity index (χ4n) is 1.72. The third-order valence-corrected chi connectivity index (χ3v) is 2.61. The lowest BCUT2D eigenvalue weighted by molar-refractivity contribution is -0.104. The Bertz CT molecular complexity index is 462. The van der Waals surface area contributed by atoms with Gasteiger partial charge in [-0.2, -0.15) is 0 Å². The summed E-state index contributed by atoms with van der Waals surface area (Å²) < 4.78 is 19.3. The summed E-state index contributed by atoms with van der Waals surface area (Å²) in [7, 11) is 0. The quantitative estimate of drug-likeness (QED) is 0.749. The highest BCUT2D eigenvalue weighted by Gasteiger charge is 2.25. The molecule has 0 heterocycles. The van der Waals surface area contributed by atoms with Crippen molar-refractivity contribution in [3.05, 3.63) is 53.8 Å². The molecular weight excluding hydrogens is 219 g/mol. The molecular formula is C14H13FO2. The molecule has 88 valence electrons. The highest BCUT2D eigenvalue weighted by Crippen LogP contribution is 2.27. The largest absolute Gasteiger partial charge is 0.459 e. The minimum Gasteiger partial charge on any atom is -0.459 e. The molecule has 2 atom stereocenters. The maximum Gasteiger partial charge on any atom is 0.164 e. The average molecular weight is 232 g/mol. The van der Waals surface area contributed by atoms with E-state index in [1.165, 1.54) is 6.08 Å². The predicted molar refractivity (Wildman–Crippen MR) is 63.4 cm³/mol. The number of rotatable bonds is 3. The first-order valence-electron chi connectivity index (χ1n) is 5.46.